The molecular formula is C15H11F3N4O3S. The van der Waals surface area contributed by atoms with E-state index in [1.165, 1.54) is 6.07 Å². The first kappa shape index (κ1) is 18.0. The Labute approximate surface area is 145 Å². The highest BCUT2D eigenvalue weighted by Gasteiger charge is 2.37. The molecule has 3 rings (SSSR count). The van der Waals surface area contributed by atoms with Gasteiger partial charge >= 0.3 is 16.3 Å². The minimum Gasteiger partial charge on any atom is -0.281 e. The van der Waals surface area contributed by atoms with Gasteiger partial charge in [-0.2, -0.15) is 21.6 Å². The smallest absolute Gasteiger partial charge is 0.281 e. The van der Waals surface area contributed by atoms with Crippen LogP contribution in [0.1, 0.15) is 11.4 Å². The van der Waals surface area contributed by atoms with E-state index in [1.807, 2.05) is 6.92 Å². The average molecular weight is 384 g/mol. The third-order valence-electron chi connectivity index (χ3n) is 3.40. The Balaban J connectivity index is 2.16. The van der Waals surface area contributed by atoms with Crippen LogP contribution in [0.15, 0.2) is 47.6 Å². The summed E-state index contributed by atoms with van der Waals surface area (Å²) in [5.74, 6) is -1.43. The molecule has 0 unspecified atom stereocenters. The Morgan fingerprint density at radius 3 is 2.23 bits per heavy atom. The predicted octanol–water partition coefficient (Wildman–Crippen LogP) is 2.90. The fourth-order valence-corrected chi connectivity index (χ4v) is 2.58. The predicted molar refractivity (Wildman–Crippen MR) is 84.1 cm³/mol. The summed E-state index contributed by atoms with van der Waals surface area (Å²) in [7, 11) is -4.52. The molecule has 11 heteroatoms. The number of aromatic nitrogens is 4. The Morgan fingerprint density at radius 2 is 1.73 bits per heavy atom. The zero-order valence-electron chi connectivity index (χ0n) is 13.1. The van der Waals surface area contributed by atoms with Crippen molar-refractivity contribution in [3.63, 3.8) is 0 Å². The molecule has 0 saturated heterocycles. The highest BCUT2D eigenvalue weighted by atomic mass is 32.2. The van der Waals surface area contributed by atoms with Crippen LogP contribution in [0, 0.1) is 6.92 Å². The molecule has 0 aliphatic carbocycles. The second kappa shape index (κ2) is 6.18. The molecule has 1 N–H and O–H groups in total. The third kappa shape index (κ3) is 3.58. The summed E-state index contributed by atoms with van der Waals surface area (Å²) in [6.07, 6.45) is -3.78. The van der Waals surface area contributed by atoms with Crippen molar-refractivity contribution in [2.45, 2.75) is 18.1 Å². The van der Waals surface area contributed by atoms with Crippen LogP contribution in [0.2, 0.25) is 0 Å². The number of aryl methyl sites for hydroxylation is 1. The quantitative estimate of drug-likeness (QED) is 0.698. The molecule has 0 fully saturated rings. The summed E-state index contributed by atoms with van der Waals surface area (Å²) >= 11 is 0. The standard InChI is InChI=1S/C15H11F3N4O3S/c1-9-2-4-10(5-3-9)13-20-14(15(16,17)18)21-22(13)11-6-7-12(19-8-11)26(23,24)25/h2-8H,1H3,(H,23,24,25). The second-order valence-corrected chi connectivity index (χ2v) is 6.73. The maximum absolute atomic E-state index is 13.0. The molecule has 26 heavy (non-hydrogen) atoms. The number of benzene rings is 1. The molecule has 136 valence electrons. The van der Waals surface area contributed by atoms with Gasteiger partial charge in [0, 0.05) is 5.56 Å². The Bertz CT molecular complexity index is 1040. The van der Waals surface area contributed by atoms with E-state index in [0.29, 0.717) is 5.56 Å². The number of hydrogen-bond acceptors (Lipinski definition) is 5. The minimum atomic E-state index is -4.76. The monoisotopic (exact) mass is 384 g/mol. The van der Waals surface area contributed by atoms with Crippen LogP contribution in [-0.2, 0) is 16.3 Å². The highest BCUT2D eigenvalue weighted by molar-refractivity contribution is 7.85. The van der Waals surface area contributed by atoms with Crippen LogP contribution in [0.3, 0.4) is 0 Å². The fourth-order valence-electron chi connectivity index (χ4n) is 2.15. The van der Waals surface area contributed by atoms with Gasteiger partial charge in [0.1, 0.15) is 0 Å². The van der Waals surface area contributed by atoms with Gasteiger partial charge in [-0.25, -0.2) is 14.6 Å². The molecule has 0 aliphatic rings. The maximum atomic E-state index is 13.0. The molecule has 1 aromatic carbocycles. The van der Waals surface area contributed by atoms with Gasteiger partial charge in [-0.3, -0.25) is 4.55 Å². The van der Waals surface area contributed by atoms with E-state index >= 15 is 0 Å². The number of halogens is 3. The SMILES string of the molecule is Cc1ccc(-c2nc(C(F)(F)F)nn2-c2ccc(S(=O)(=O)O)nc2)cc1. The molecule has 0 atom stereocenters. The molecule has 0 aliphatic heterocycles. The van der Waals surface area contributed by atoms with Crippen LogP contribution in [0.5, 0.6) is 0 Å². The maximum Gasteiger partial charge on any atom is 0.453 e. The summed E-state index contributed by atoms with van der Waals surface area (Å²) in [5, 5.41) is 2.84. The van der Waals surface area contributed by atoms with Gasteiger partial charge in [0.05, 0.1) is 11.9 Å². The first-order chi connectivity index (χ1) is 12.1. The average Bonchev–Trinajstić information content (AvgIpc) is 3.00. The zero-order valence-corrected chi connectivity index (χ0v) is 14.0. The van der Waals surface area contributed by atoms with E-state index in [1.54, 1.807) is 24.3 Å². The minimum absolute atomic E-state index is 0.0518. The summed E-state index contributed by atoms with van der Waals surface area (Å²) in [4.78, 5) is 7.10. The Hall–Kier alpha value is -2.79. The van der Waals surface area contributed by atoms with Crippen LogP contribution in [0.25, 0.3) is 17.1 Å². The lowest BCUT2D eigenvalue weighted by molar-refractivity contribution is -0.144. The Kier molecular flexibility index (Phi) is 4.28. The third-order valence-corrected chi connectivity index (χ3v) is 4.17. The molecule has 2 aromatic heterocycles. The van der Waals surface area contributed by atoms with Crippen molar-refractivity contribution in [2.75, 3.05) is 0 Å². The fraction of sp³-hybridized carbons (Fsp3) is 0.133. The van der Waals surface area contributed by atoms with Gasteiger partial charge in [-0.1, -0.05) is 29.8 Å². The summed E-state index contributed by atoms with van der Waals surface area (Å²) in [6.45, 7) is 1.83. The molecule has 3 aromatic rings. The van der Waals surface area contributed by atoms with Crippen molar-refractivity contribution < 1.29 is 26.1 Å². The lowest BCUT2D eigenvalue weighted by Crippen LogP contribution is -2.09. The normalized spacial score (nSPS) is 12.3. The van der Waals surface area contributed by atoms with Gasteiger partial charge in [0.15, 0.2) is 10.9 Å². The lowest BCUT2D eigenvalue weighted by atomic mass is 10.1. The van der Waals surface area contributed by atoms with Crippen molar-refractivity contribution in [3.8, 4) is 17.1 Å². The number of nitrogens with zero attached hydrogens (tertiary/aromatic N) is 4. The largest absolute Gasteiger partial charge is 0.453 e. The van der Waals surface area contributed by atoms with Crippen molar-refractivity contribution in [2.24, 2.45) is 0 Å². The van der Waals surface area contributed by atoms with E-state index in [4.69, 9.17) is 4.55 Å². The molecule has 0 radical (unpaired) electrons. The molecule has 0 amide bonds. The number of rotatable bonds is 3. The summed E-state index contributed by atoms with van der Waals surface area (Å²) < 4.78 is 71.0. The van der Waals surface area contributed by atoms with E-state index < -0.39 is 27.1 Å². The van der Waals surface area contributed by atoms with Crippen LogP contribution in [0.4, 0.5) is 13.2 Å². The lowest BCUT2D eigenvalue weighted by Gasteiger charge is -2.06. The summed E-state index contributed by atoms with van der Waals surface area (Å²) in [6, 6.07) is 8.73. The zero-order chi connectivity index (χ0) is 19.1. The van der Waals surface area contributed by atoms with Crippen LogP contribution < -0.4 is 0 Å². The first-order valence-corrected chi connectivity index (χ1v) is 8.55. The first-order valence-electron chi connectivity index (χ1n) is 7.11. The van der Waals surface area contributed by atoms with Crippen molar-refractivity contribution >= 4 is 10.1 Å². The van der Waals surface area contributed by atoms with E-state index in [-0.39, 0.29) is 11.5 Å². The molecule has 0 bridgehead atoms. The number of alkyl halides is 3. The van der Waals surface area contributed by atoms with Crippen molar-refractivity contribution in [3.05, 3.63) is 54.0 Å². The summed E-state index contributed by atoms with van der Waals surface area (Å²) in [5.41, 5.74) is 1.35. The number of pyridine rings is 1. The van der Waals surface area contributed by atoms with Gasteiger partial charge in [-0.05, 0) is 19.1 Å². The van der Waals surface area contributed by atoms with Crippen LogP contribution in [-0.4, -0.2) is 32.7 Å². The number of hydrogen-bond donors (Lipinski definition) is 1. The highest BCUT2D eigenvalue weighted by Crippen LogP contribution is 2.30. The molecule has 2 heterocycles. The topological polar surface area (TPSA) is 98.0 Å². The van der Waals surface area contributed by atoms with Gasteiger partial charge in [0.25, 0.3) is 5.82 Å². The molecule has 7 nitrogen and oxygen atoms in total. The van der Waals surface area contributed by atoms with Crippen molar-refractivity contribution in [1.82, 2.24) is 19.7 Å². The van der Waals surface area contributed by atoms with Gasteiger partial charge in [0.2, 0.25) is 0 Å². The van der Waals surface area contributed by atoms with Gasteiger partial charge in [-0.15, -0.1) is 5.10 Å². The second-order valence-electron chi connectivity index (χ2n) is 5.36. The Morgan fingerprint density at radius 1 is 1.08 bits per heavy atom. The molecule has 0 spiro atoms. The van der Waals surface area contributed by atoms with E-state index in [2.05, 4.69) is 15.1 Å². The van der Waals surface area contributed by atoms with E-state index in [9.17, 15) is 21.6 Å². The molecular weight excluding hydrogens is 373 g/mol. The van der Waals surface area contributed by atoms with E-state index in [0.717, 1.165) is 22.5 Å². The van der Waals surface area contributed by atoms with Crippen molar-refractivity contribution in [1.29, 1.82) is 0 Å². The van der Waals surface area contributed by atoms with Crippen LogP contribution >= 0.6 is 0 Å². The van der Waals surface area contributed by atoms with Gasteiger partial charge < -0.3 is 0 Å². The molecule has 0 saturated carbocycles.